The van der Waals surface area contributed by atoms with Crippen molar-refractivity contribution in [2.24, 2.45) is 5.92 Å². The van der Waals surface area contributed by atoms with E-state index in [-0.39, 0.29) is 11.7 Å². The third-order valence-corrected chi connectivity index (χ3v) is 9.24. The predicted octanol–water partition coefficient (Wildman–Crippen LogP) is 5.03. The highest BCUT2D eigenvalue weighted by atomic mass is 32.2. The number of nitrogens with zero attached hydrogens (tertiary/aromatic N) is 1. The lowest BCUT2D eigenvalue weighted by Crippen LogP contribution is -2.50. The maximum absolute atomic E-state index is 15.2. The molecule has 3 atom stereocenters. The Bertz CT molecular complexity index is 1210. The van der Waals surface area contributed by atoms with E-state index in [0.717, 1.165) is 24.3 Å². The molecule has 0 radical (unpaired) electrons. The number of rotatable bonds is 12. The van der Waals surface area contributed by atoms with Crippen molar-refractivity contribution in [3.8, 4) is 0 Å². The first kappa shape index (κ1) is 31.3. The molecule has 1 saturated heterocycles. The van der Waals surface area contributed by atoms with Gasteiger partial charge in [0.2, 0.25) is 0 Å². The number of carbonyl (C=O) groups excluding carboxylic acids is 1. The summed E-state index contributed by atoms with van der Waals surface area (Å²) in [4.78, 5) is 14.8. The van der Waals surface area contributed by atoms with Gasteiger partial charge in [-0.2, -0.15) is 0 Å². The number of benzene rings is 2. The van der Waals surface area contributed by atoms with Crippen LogP contribution in [0, 0.1) is 23.4 Å². The van der Waals surface area contributed by atoms with E-state index in [2.05, 4.69) is 5.32 Å². The summed E-state index contributed by atoms with van der Waals surface area (Å²) in [6.45, 7) is 4.53. The van der Waals surface area contributed by atoms with Gasteiger partial charge in [0.05, 0.1) is 4.90 Å². The van der Waals surface area contributed by atoms with Gasteiger partial charge in [-0.05, 0) is 95.6 Å². The van der Waals surface area contributed by atoms with E-state index in [4.69, 9.17) is 4.74 Å². The van der Waals surface area contributed by atoms with Gasteiger partial charge in [-0.15, -0.1) is 11.8 Å². The molecule has 1 aliphatic rings. The maximum Gasteiger partial charge on any atom is 0.265 e. The fourth-order valence-corrected chi connectivity index (χ4v) is 6.37. The zero-order valence-corrected chi connectivity index (χ0v) is 24.2. The summed E-state index contributed by atoms with van der Waals surface area (Å²) < 4.78 is 76.7. The molecule has 1 aliphatic heterocycles. The number of ether oxygens (including phenoxy) is 1. The van der Waals surface area contributed by atoms with Gasteiger partial charge in [0.1, 0.15) is 17.1 Å². The molecule has 2 N–H and O–H groups in total. The summed E-state index contributed by atoms with van der Waals surface area (Å²) in [6.07, 6.45) is 2.53. The van der Waals surface area contributed by atoms with Crippen LogP contribution in [0.3, 0.4) is 0 Å². The molecule has 2 aromatic carbocycles. The number of sulfonamides is 1. The van der Waals surface area contributed by atoms with E-state index >= 15 is 8.78 Å². The second-order valence-corrected chi connectivity index (χ2v) is 13.1. The Morgan fingerprint density at radius 2 is 1.77 bits per heavy atom. The van der Waals surface area contributed by atoms with E-state index in [1.54, 1.807) is 12.1 Å². The van der Waals surface area contributed by atoms with E-state index < -0.39 is 49.8 Å². The molecule has 12 heteroatoms. The fourth-order valence-electron chi connectivity index (χ4n) is 4.16. The van der Waals surface area contributed by atoms with Crippen LogP contribution < -0.4 is 10.0 Å². The molecule has 0 saturated carbocycles. The van der Waals surface area contributed by atoms with Crippen LogP contribution in [0.2, 0.25) is 0 Å². The van der Waals surface area contributed by atoms with Crippen molar-refractivity contribution < 1.29 is 31.1 Å². The SMILES string of the molecule is CC(CCN(C)C)C(CSc1ccc(F)cc1)Nc1c(F)cc(S(=O)(=O)NC(=O)C2(C)CCCCO2)cc1F. The quantitative estimate of drug-likeness (QED) is 0.337. The second kappa shape index (κ2) is 13.4. The number of nitrogens with one attached hydrogen (secondary N) is 2. The highest BCUT2D eigenvalue weighted by Crippen LogP contribution is 2.30. The summed E-state index contributed by atoms with van der Waals surface area (Å²) >= 11 is 1.42. The molecule has 0 aromatic heterocycles. The highest BCUT2D eigenvalue weighted by Gasteiger charge is 2.38. The summed E-state index contributed by atoms with van der Waals surface area (Å²) in [5.41, 5.74) is -1.79. The Labute approximate surface area is 232 Å². The lowest BCUT2D eigenvalue weighted by Gasteiger charge is -2.32. The monoisotopic (exact) mass is 587 g/mol. The fraction of sp³-hybridized carbons (Fsp3) is 0.519. The maximum atomic E-state index is 15.2. The van der Waals surface area contributed by atoms with Gasteiger partial charge >= 0.3 is 0 Å². The lowest BCUT2D eigenvalue weighted by molar-refractivity contribution is -0.148. The van der Waals surface area contributed by atoms with Gasteiger partial charge in [0.15, 0.2) is 11.6 Å². The minimum absolute atomic E-state index is 0.0157. The summed E-state index contributed by atoms with van der Waals surface area (Å²) in [5.74, 6) is -3.02. The number of amides is 1. The van der Waals surface area contributed by atoms with Crippen molar-refractivity contribution in [3.63, 3.8) is 0 Å². The van der Waals surface area contributed by atoms with E-state index in [1.165, 1.54) is 30.8 Å². The smallest absolute Gasteiger partial charge is 0.265 e. The van der Waals surface area contributed by atoms with E-state index in [0.29, 0.717) is 37.3 Å². The van der Waals surface area contributed by atoms with Gasteiger partial charge in [-0.1, -0.05) is 6.92 Å². The molecule has 0 spiro atoms. The lowest BCUT2D eigenvalue weighted by atomic mass is 9.95. The molecule has 1 fully saturated rings. The average Bonchev–Trinajstić information content (AvgIpc) is 2.87. The van der Waals surface area contributed by atoms with Crippen LogP contribution in [0.15, 0.2) is 46.2 Å². The molecule has 1 amide bonds. The third-order valence-electron chi connectivity index (χ3n) is 6.79. The van der Waals surface area contributed by atoms with Gasteiger partial charge in [0.25, 0.3) is 15.9 Å². The van der Waals surface area contributed by atoms with Crippen molar-refractivity contribution in [2.75, 3.05) is 38.3 Å². The molecule has 39 heavy (non-hydrogen) atoms. The zero-order valence-electron chi connectivity index (χ0n) is 22.6. The van der Waals surface area contributed by atoms with Crippen molar-refractivity contribution >= 4 is 33.4 Å². The Morgan fingerprint density at radius 1 is 1.13 bits per heavy atom. The molecular weight excluding hydrogens is 551 g/mol. The van der Waals surface area contributed by atoms with Crippen molar-refractivity contribution in [2.45, 2.75) is 61.0 Å². The van der Waals surface area contributed by atoms with Crippen LogP contribution in [-0.2, 0) is 19.6 Å². The average molecular weight is 588 g/mol. The Hall–Kier alpha value is -2.28. The molecule has 216 valence electrons. The predicted molar refractivity (Wildman–Crippen MR) is 147 cm³/mol. The molecular formula is C27H36F3N3O4S2. The van der Waals surface area contributed by atoms with Crippen LogP contribution in [-0.4, -0.2) is 63.9 Å². The largest absolute Gasteiger partial charge is 0.376 e. The zero-order chi connectivity index (χ0) is 28.8. The minimum atomic E-state index is -4.55. The number of anilines is 1. The van der Waals surface area contributed by atoms with Crippen molar-refractivity contribution in [1.29, 1.82) is 0 Å². The number of thioether (sulfide) groups is 1. The van der Waals surface area contributed by atoms with Crippen LogP contribution >= 0.6 is 11.8 Å². The van der Waals surface area contributed by atoms with Gasteiger partial charge < -0.3 is 15.0 Å². The van der Waals surface area contributed by atoms with Crippen LogP contribution in [0.1, 0.15) is 39.5 Å². The van der Waals surface area contributed by atoms with Gasteiger partial charge in [-0.25, -0.2) is 26.3 Å². The first-order valence-electron chi connectivity index (χ1n) is 12.8. The van der Waals surface area contributed by atoms with Crippen LogP contribution in [0.4, 0.5) is 18.9 Å². The third kappa shape index (κ3) is 8.60. The Morgan fingerprint density at radius 3 is 2.33 bits per heavy atom. The van der Waals surface area contributed by atoms with Gasteiger partial charge in [0, 0.05) is 23.3 Å². The molecule has 1 heterocycles. The first-order valence-corrected chi connectivity index (χ1v) is 15.3. The van der Waals surface area contributed by atoms with Crippen LogP contribution in [0.25, 0.3) is 0 Å². The molecule has 0 aliphatic carbocycles. The molecule has 3 unspecified atom stereocenters. The second-order valence-electron chi connectivity index (χ2n) is 10.3. The topological polar surface area (TPSA) is 87.7 Å². The standard InChI is InChI=1S/C27H36F3N3O4S2/c1-18(11-13-33(3)4)24(17-38-20-9-7-19(28)8-10-20)31-25-22(29)15-21(16-23(25)30)39(35,36)32-26(34)27(2)12-5-6-14-37-27/h7-10,15-16,18,24,31H,5-6,11-14,17H2,1-4H3,(H,32,34). The molecule has 2 aromatic rings. The molecule has 7 nitrogen and oxygen atoms in total. The summed E-state index contributed by atoms with van der Waals surface area (Å²) in [7, 11) is -0.687. The highest BCUT2D eigenvalue weighted by molar-refractivity contribution is 7.99. The number of hydrogen-bond acceptors (Lipinski definition) is 7. The summed E-state index contributed by atoms with van der Waals surface area (Å²) in [6, 6.07) is 6.95. The van der Waals surface area contributed by atoms with Crippen molar-refractivity contribution in [3.05, 3.63) is 53.8 Å². The first-order chi connectivity index (χ1) is 18.3. The normalized spacial score (nSPS) is 19.5. The summed E-state index contributed by atoms with van der Waals surface area (Å²) in [5, 5.41) is 2.93. The van der Waals surface area contributed by atoms with Crippen molar-refractivity contribution in [1.82, 2.24) is 9.62 Å². The Kier molecular flexibility index (Phi) is 10.7. The van der Waals surface area contributed by atoms with Gasteiger partial charge in [-0.3, -0.25) is 4.79 Å². The van der Waals surface area contributed by atoms with E-state index in [1.807, 2.05) is 30.6 Å². The number of carbonyl (C=O) groups is 1. The van der Waals surface area contributed by atoms with Crippen LogP contribution in [0.5, 0.6) is 0 Å². The Balaban J connectivity index is 1.79. The molecule has 3 rings (SSSR count). The number of hydrogen-bond donors (Lipinski definition) is 2. The minimum Gasteiger partial charge on any atom is -0.376 e. The number of halogens is 3. The molecule has 0 bridgehead atoms. The van der Waals surface area contributed by atoms with E-state index in [9.17, 15) is 17.6 Å².